The fourth-order valence-electron chi connectivity index (χ4n) is 1.85. The monoisotopic (exact) mass is 242 g/mol. The predicted molar refractivity (Wildman–Crippen MR) is 65.9 cm³/mol. The maximum atomic E-state index is 11.6. The molecule has 98 valence electrons. The van der Waals surface area contributed by atoms with Gasteiger partial charge in [0.05, 0.1) is 25.0 Å². The summed E-state index contributed by atoms with van der Waals surface area (Å²) in [6.07, 6.45) is 1.44. The zero-order chi connectivity index (χ0) is 12.7. The maximum absolute atomic E-state index is 11.6. The van der Waals surface area contributed by atoms with E-state index in [0.29, 0.717) is 6.42 Å². The average molecular weight is 242 g/mol. The minimum Gasteiger partial charge on any atom is -0.513 e. The highest BCUT2D eigenvalue weighted by atomic mass is 16.5. The van der Waals surface area contributed by atoms with E-state index in [1.54, 1.807) is 0 Å². The second kappa shape index (κ2) is 7.42. The van der Waals surface area contributed by atoms with Crippen molar-refractivity contribution in [1.29, 1.82) is 0 Å². The van der Waals surface area contributed by atoms with E-state index in [1.165, 1.54) is 0 Å². The highest BCUT2D eigenvalue weighted by Crippen LogP contribution is 2.05. The first kappa shape index (κ1) is 14.2. The normalized spacial score (nSPS) is 18.9. The molecular weight excluding hydrogens is 220 g/mol. The third-order valence-electron chi connectivity index (χ3n) is 2.87. The molecule has 1 saturated heterocycles. The van der Waals surface area contributed by atoms with Crippen molar-refractivity contribution in [3.63, 3.8) is 0 Å². The number of hydrogen-bond acceptors (Lipinski definition) is 5. The highest BCUT2D eigenvalue weighted by Gasteiger charge is 2.15. The van der Waals surface area contributed by atoms with E-state index in [0.717, 1.165) is 39.3 Å². The predicted octanol–water partition coefficient (Wildman–Crippen LogP) is 0.457. The van der Waals surface area contributed by atoms with Crippen molar-refractivity contribution in [2.45, 2.75) is 25.3 Å². The Balaban J connectivity index is 2.12. The van der Waals surface area contributed by atoms with Gasteiger partial charge in [0.15, 0.2) is 0 Å². The van der Waals surface area contributed by atoms with Crippen LogP contribution in [0.4, 0.5) is 0 Å². The molecule has 1 aliphatic rings. The van der Waals surface area contributed by atoms with Crippen molar-refractivity contribution < 1.29 is 14.6 Å². The van der Waals surface area contributed by atoms with Gasteiger partial charge in [0, 0.05) is 25.9 Å². The van der Waals surface area contributed by atoms with Crippen molar-refractivity contribution >= 4 is 5.78 Å². The first-order valence-corrected chi connectivity index (χ1v) is 6.04. The summed E-state index contributed by atoms with van der Waals surface area (Å²) in [5.41, 5.74) is 5.63. The summed E-state index contributed by atoms with van der Waals surface area (Å²) in [5, 5.41) is 8.95. The first-order valence-electron chi connectivity index (χ1n) is 6.04. The average Bonchev–Trinajstić information content (AvgIpc) is 2.29. The summed E-state index contributed by atoms with van der Waals surface area (Å²) in [7, 11) is 0. The van der Waals surface area contributed by atoms with Crippen LogP contribution in [-0.4, -0.2) is 54.7 Å². The van der Waals surface area contributed by atoms with Gasteiger partial charge in [-0.3, -0.25) is 9.69 Å². The van der Waals surface area contributed by atoms with Crippen LogP contribution in [0.3, 0.4) is 0 Å². The zero-order valence-electron chi connectivity index (χ0n) is 10.2. The molecule has 0 bridgehead atoms. The van der Waals surface area contributed by atoms with E-state index in [1.807, 2.05) is 0 Å². The Bertz CT molecular complexity index is 262. The number of nitrogens with zero attached hydrogens (tertiary/aromatic N) is 1. The maximum Gasteiger partial charge on any atom is 0.150 e. The van der Waals surface area contributed by atoms with E-state index in [9.17, 15) is 4.79 Å². The van der Waals surface area contributed by atoms with Crippen LogP contribution >= 0.6 is 0 Å². The van der Waals surface area contributed by atoms with Crippen LogP contribution in [0.1, 0.15) is 19.3 Å². The number of aliphatic hydroxyl groups is 1. The third kappa shape index (κ3) is 5.81. The molecule has 5 nitrogen and oxygen atoms in total. The molecule has 0 aromatic rings. The fourth-order valence-corrected chi connectivity index (χ4v) is 1.85. The summed E-state index contributed by atoms with van der Waals surface area (Å²) < 4.78 is 5.24. The van der Waals surface area contributed by atoms with Gasteiger partial charge < -0.3 is 15.6 Å². The summed E-state index contributed by atoms with van der Waals surface area (Å²) in [5.74, 6) is -0.0347. The molecule has 0 aliphatic carbocycles. The number of rotatable bonds is 7. The smallest absolute Gasteiger partial charge is 0.150 e. The fraction of sp³-hybridized carbons (Fsp3) is 0.750. The Kier molecular flexibility index (Phi) is 6.18. The van der Waals surface area contributed by atoms with Crippen molar-refractivity contribution in [2.75, 3.05) is 32.8 Å². The van der Waals surface area contributed by atoms with Crippen molar-refractivity contribution in [3.8, 4) is 0 Å². The minimum atomic E-state index is -0.614. The summed E-state index contributed by atoms with van der Waals surface area (Å²) >= 11 is 0. The highest BCUT2D eigenvalue weighted by molar-refractivity contribution is 5.83. The van der Waals surface area contributed by atoms with Gasteiger partial charge in [-0.15, -0.1) is 0 Å². The van der Waals surface area contributed by atoms with E-state index in [4.69, 9.17) is 15.6 Å². The Hall–Kier alpha value is -0.910. The van der Waals surface area contributed by atoms with Crippen LogP contribution in [0.2, 0.25) is 0 Å². The number of nitrogens with two attached hydrogens (primary N) is 1. The topological polar surface area (TPSA) is 75.8 Å². The summed E-state index contributed by atoms with van der Waals surface area (Å²) in [6.45, 7) is 7.66. The molecule has 1 fully saturated rings. The third-order valence-corrected chi connectivity index (χ3v) is 2.87. The molecule has 1 heterocycles. The van der Waals surface area contributed by atoms with E-state index < -0.39 is 6.04 Å². The SMILES string of the molecule is C=C(O)CC(N)C(=O)CCCN1CCOCC1. The second-order valence-electron chi connectivity index (χ2n) is 4.40. The molecule has 5 heteroatoms. The van der Waals surface area contributed by atoms with Gasteiger partial charge in [-0.2, -0.15) is 0 Å². The number of hydrogen-bond donors (Lipinski definition) is 2. The van der Waals surface area contributed by atoms with Gasteiger partial charge in [-0.05, 0) is 13.0 Å². The van der Waals surface area contributed by atoms with Crippen LogP contribution in [0, 0.1) is 0 Å². The largest absolute Gasteiger partial charge is 0.513 e. The molecule has 1 atom stereocenters. The molecule has 1 aliphatic heterocycles. The quantitative estimate of drug-likeness (QED) is 0.634. The lowest BCUT2D eigenvalue weighted by atomic mass is 10.0. The van der Waals surface area contributed by atoms with Gasteiger partial charge in [-0.1, -0.05) is 6.58 Å². The molecule has 0 aromatic heterocycles. The molecule has 3 N–H and O–H groups in total. The van der Waals surface area contributed by atoms with Crippen molar-refractivity contribution in [2.24, 2.45) is 5.73 Å². The minimum absolute atomic E-state index is 0.00606. The molecule has 0 saturated carbocycles. The molecule has 0 spiro atoms. The van der Waals surface area contributed by atoms with E-state index in [-0.39, 0.29) is 18.0 Å². The molecule has 1 unspecified atom stereocenters. The van der Waals surface area contributed by atoms with Gasteiger partial charge in [0.2, 0.25) is 0 Å². The van der Waals surface area contributed by atoms with E-state index in [2.05, 4.69) is 11.5 Å². The Morgan fingerprint density at radius 1 is 1.47 bits per heavy atom. The Labute approximate surface area is 102 Å². The van der Waals surface area contributed by atoms with Crippen LogP contribution in [0.25, 0.3) is 0 Å². The standard InChI is InChI=1S/C12H22N2O3/c1-10(15)9-11(13)12(16)3-2-4-14-5-7-17-8-6-14/h11,15H,1-9,13H2. The van der Waals surface area contributed by atoms with Gasteiger partial charge in [-0.25, -0.2) is 0 Å². The van der Waals surface area contributed by atoms with Crippen molar-refractivity contribution in [1.82, 2.24) is 4.90 Å². The number of carbonyl (C=O) groups excluding carboxylic acids is 1. The zero-order valence-corrected chi connectivity index (χ0v) is 10.2. The van der Waals surface area contributed by atoms with Crippen LogP contribution < -0.4 is 5.73 Å². The lowest BCUT2D eigenvalue weighted by Gasteiger charge is -2.26. The lowest BCUT2D eigenvalue weighted by Crippen LogP contribution is -2.37. The number of carbonyl (C=O) groups is 1. The second-order valence-corrected chi connectivity index (χ2v) is 4.40. The lowest BCUT2D eigenvalue weighted by molar-refractivity contribution is -0.120. The van der Waals surface area contributed by atoms with Crippen LogP contribution in [0.15, 0.2) is 12.3 Å². The Morgan fingerprint density at radius 2 is 2.12 bits per heavy atom. The molecular formula is C12H22N2O3. The number of ketones is 1. The molecule has 0 amide bonds. The van der Waals surface area contributed by atoms with Gasteiger partial charge >= 0.3 is 0 Å². The van der Waals surface area contributed by atoms with E-state index >= 15 is 0 Å². The summed E-state index contributed by atoms with van der Waals surface area (Å²) in [6, 6.07) is -0.614. The van der Waals surface area contributed by atoms with Crippen LogP contribution in [-0.2, 0) is 9.53 Å². The number of morpholine rings is 1. The molecule has 0 aromatic carbocycles. The number of Topliss-reactive ketones (excluding diaryl/α,β-unsaturated/α-hetero) is 1. The summed E-state index contributed by atoms with van der Waals surface area (Å²) in [4.78, 5) is 13.9. The molecule has 17 heavy (non-hydrogen) atoms. The molecule has 1 rings (SSSR count). The molecule has 0 radical (unpaired) electrons. The first-order chi connectivity index (χ1) is 8.09. The Morgan fingerprint density at radius 3 is 2.71 bits per heavy atom. The van der Waals surface area contributed by atoms with Gasteiger partial charge in [0.1, 0.15) is 5.78 Å². The van der Waals surface area contributed by atoms with Crippen molar-refractivity contribution in [3.05, 3.63) is 12.3 Å². The number of ether oxygens (including phenoxy) is 1. The number of aliphatic hydroxyl groups excluding tert-OH is 1. The van der Waals surface area contributed by atoms with Gasteiger partial charge in [0.25, 0.3) is 0 Å². The van der Waals surface area contributed by atoms with Crippen LogP contribution in [0.5, 0.6) is 0 Å².